The molecule has 0 heterocycles. The molecule has 0 spiro atoms. The van der Waals surface area contributed by atoms with E-state index < -0.39 is 0 Å². The van der Waals surface area contributed by atoms with Gasteiger partial charge >= 0.3 is 0 Å². The van der Waals surface area contributed by atoms with E-state index in [0.29, 0.717) is 5.92 Å². The fraction of sp³-hybridized carbons (Fsp3) is 0.680. The van der Waals surface area contributed by atoms with Crippen molar-refractivity contribution in [2.24, 2.45) is 29.6 Å². The van der Waals surface area contributed by atoms with E-state index in [-0.39, 0.29) is 10.8 Å². The highest BCUT2D eigenvalue weighted by Crippen LogP contribution is 2.54. The predicted molar refractivity (Wildman–Crippen MR) is 113 cm³/mol. The Morgan fingerprint density at radius 1 is 1.00 bits per heavy atom. The van der Waals surface area contributed by atoms with Crippen molar-refractivity contribution in [1.29, 1.82) is 0 Å². The fourth-order valence-corrected chi connectivity index (χ4v) is 6.65. The van der Waals surface area contributed by atoms with Crippen LogP contribution in [0.1, 0.15) is 82.6 Å². The minimum absolute atomic E-state index is 0.248. The number of fused-ring (bicyclic) bond motifs is 3. The third-order valence-electron chi connectivity index (χ3n) is 7.86. The molecule has 27 heavy (non-hydrogen) atoms. The molecule has 6 unspecified atom stereocenters. The van der Waals surface area contributed by atoms with Gasteiger partial charge < -0.3 is 0 Å². The zero-order valence-corrected chi connectivity index (χ0v) is 17.4. The number of unbranched alkanes of at least 4 members (excludes halogenated alkanes) is 1. The maximum absolute atomic E-state index is 13.9. The lowest BCUT2D eigenvalue weighted by molar-refractivity contribution is 0.0127. The second-order valence-electron chi connectivity index (χ2n) is 9.40. The van der Waals surface area contributed by atoms with Gasteiger partial charge in [0.05, 0.1) is 5.02 Å². The summed E-state index contributed by atoms with van der Waals surface area (Å²) in [5, 5.41) is 0.248. The first-order valence-electron chi connectivity index (χ1n) is 11.3. The molecule has 0 aliphatic heterocycles. The summed E-state index contributed by atoms with van der Waals surface area (Å²) in [5.41, 5.74) is 1.17. The summed E-state index contributed by atoms with van der Waals surface area (Å²) in [6.07, 6.45) is 18.4. The molecule has 0 aromatic heterocycles. The Labute approximate surface area is 169 Å². The van der Waals surface area contributed by atoms with Gasteiger partial charge in [-0.2, -0.15) is 0 Å². The normalized spacial score (nSPS) is 36.4. The summed E-state index contributed by atoms with van der Waals surface area (Å²) < 4.78 is 13.9. The molecular formula is C25H34ClF. The largest absolute Gasteiger partial charge is 0.205 e. The van der Waals surface area contributed by atoms with Crippen molar-refractivity contribution in [1.82, 2.24) is 0 Å². The molecule has 0 amide bonds. The maximum Gasteiger partial charge on any atom is 0.142 e. The molecular weight excluding hydrogens is 355 g/mol. The minimum atomic E-state index is -0.255. The van der Waals surface area contributed by atoms with Crippen LogP contribution in [0.4, 0.5) is 4.39 Å². The van der Waals surface area contributed by atoms with Crippen molar-refractivity contribution in [2.75, 3.05) is 0 Å². The number of hydrogen-bond acceptors (Lipinski definition) is 0. The number of hydrogen-bond donors (Lipinski definition) is 0. The van der Waals surface area contributed by atoms with Gasteiger partial charge in [-0.05, 0) is 111 Å². The van der Waals surface area contributed by atoms with Crippen LogP contribution in [-0.4, -0.2) is 0 Å². The Kier molecular flexibility index (Phi) is 6.27. The second kappa shape index (κ2) is 8.68. The number of benzene rings is 1. The first-order chi connectivity index (χ1) is 13.2. The Morgan fingerprint density at radius 2 is 1.74 bits per heavy atom. The van der Waals surface area contributed by atoms with Gasteiger partial charge in [-0.1, -0.05) is 43.2 Å². The van der Waals surface area contributed by atoms with Gasteiger partial charge in [-0.15, -0.1) is 0 Å². The van der Waals surface area contributed by atoms with E-state index in [0.717, 1.165) is 29.6 Å². The summed E-state index contributed by atoms with van der Waals surface area (Å²) >= 11 is 5.88. The lowest BCUT2D eigenvalue weighted by atomic mass is 9.55. The molecule has 6 atom stereocenters. The molecule has 2 heteroatoms. The summed E-state index contributed by atoms with van der Waals surface area (Å²) in [7, 11) is 0. The molecule has 1 aromatic carbocycles. The third-order valence-corrected chi connectivity index (χ3v) is 8.17. The molecule has 0 nitrogen and oxygen atoms in total. The first-order valence-corrected chi connectivity index (χ1v) is 11.6. The van der Waals surface area contributed by atoms with Crippen LogP contribution in [0.15, 0.2) is 30.4 Å². The maximum atomic E-state index is 13.9. The Morgan fingerprint density at radius 3 is 2.48 bits per heavy atom. The monoisotopic (exact) mass is 388 g/mol. The van der Waals surface area contributed by atoms with E-state index in [1.54, 1.807) is 12.1 Å². The van der Waals surface area contributed by atoms with Crippen LogP contribution in [-0.2, 0) is 0 Å². The molecule has 0 N–H and O–H groups in total. The molecule has 1 aromatic rings. The lowest BCUT2D eigenvalue weighted by Crippen LogP contribution is -2.41. The van der Waals surface area contributed by atoms with Gasteiger partial charge in [0.1, 0.15) is 5.82 Å². The highest BCUT2D eigenvalue weighted by Gasteiger charge is 2.44. The summed E-state index contributed by atoms with van der Waals surface area (Å²) in [5.74, 6) is 4.82. The van der Waals surface area contributed by atoms with E-state index in [2.05, 4.69) is 25.1 Å². The van der Waals surface area contributed by atoms with Crippen LogP contribution < -0.4 is 0 Å². The van der Waals surface area contributed by atoms with E-state index in [1.807, 2.05) is 0 Å². The van der Waals surface area contributed by atoms with E-state index in [9.17, 15) is 4.39 Å². The van der Waals surface area contributed by atoms with Gasteiger partial charge in [0.25, 0.3) is 0 Å². The van der Waals surface area contributed by atoms with Crippen molar-refractivity contribution in [3.05, 3.63) is 46.8 Å². The molecule has 0 bridgehead atoms. The predicted octanol–water partition coefficient (Wildman–Crippen LogP) is 8.16. The SMILES string of the molecule is CCCC=CC1CCC2C(CCC3CC(c4ccc(Cl)c(F)c4)CCC32)C1. The third kappa shape index (κ3) is 4.29. The topological polar surface area (TPSA) is 0 Å². The molecule has 3 aliphatic carbocycles. The van der Waals surface area contributed by atoms with Gasteiger partial charge in [0.2, 0.25) is 0 Å². The van der Waals surface area contributed by atoms with Crippen LogP contribution in [0, 0.1) is 35.4 Å². The zero-order chi connectivity index (χ0) is 18.8. The molecule has 3 fully saturated rings. The average Bonchev–Trinajstić information content (AvgIpc) is 2.69. The van der Waals surface area contributed by atoms with E-state index in [1.165, 1.54) is 69.8 Å². The molecule has 148 valence electrons. The van der Waals surface area contributed by atoms with Gasteiger partial charge in [-0.25, -0.2) is 4.39 Å². The van der Waals surface area contributed by atoms with E-state index >= 15 is 0 Å². The average molecular weight is 389 g/mol. The Hall–Kier alpha value is -0.820. The molecule has 0 radical (unpaired) electrons. The van der Waals surface area contributed by atoms with Gasteiger partial charge in [0.15, 0.2) is 0 Å². The molecule has 0 saturated heterocycles. The van der Waals surface area contributed by atoms with Crippen molar-refractivity contribution in [2.45, 2.75) is 77.0 Å². The highest BCUT2D eigenvalue weighted by molar-refractivity contribution is 6.30. The first kappa shape index (κ1) is 19.5. The van der Waals surface area contributed by atoms with Crippen molar-refractivity contribution >= 4 is 11.6 Å². The Balaban J connectivity index is 1.38. The van der Waals surface area contributed by atoms with Crippen molar-refractivity contribution in [3.8, 4) is 0 Å². The van der Waals surface area contributed by atoms with Crippen LogP contribution in [0.5, 0.6) is 0 Å². The van der Waals surface area contributed by atoms with Gasteiger partial charge in [0, 0.05) is 0 Å². The van der Waals surface area contributed by atoms with Gasteiger partial charge in [-0.3, -0.25) is 0 Å². The molecule has 4 rings (SSSR count). The van der Waals surface area contributed by atoms with Crippen LogP contribution in [0.25, 0.3) is 0 Å². The van der Waals surface area contributed by atoms with Crippen LogP contribution >= 0.6 is 11.6 Å². The lowest BCUT2D eigenvalue weighted by Gasteiger charge is -2.50. The molecule has 3 saturated carbocycles. The quantitative estimate of drug-likeness (QED) is 0.456. The Bertz CT molecular complexity index is 666. The summed E-state index contributed by atoms with van der Waals surface area (Å²) in [6, 6.07) is 5.48. The smallest absolute Gasteiger partial charge is 0.142 e. The fourth-order valence-electron chi connectivity index (χ4n) is 6.53. The second-order valence-corrected chi connectivity index (χ2v) is 9.81. The van der Waals surface area contributed by atoms with Crippen molar-refractivity contribution in [3.63, 3.8) is 0 Å². The number of rotatable bonds is 4. The summed E-state index contributed by atoms with van der Waals surface area (Å²) in [4.78, 5) is 0. The minimum Gasteiger partial charge on any atom is -0.205 e. The standard InChI is InChI=1S/C25H34ClF/c1-2-3-4-5-17-6-11-22-20(14-17)7-8-21-15-18(9-12-23(21)22)19-10-13-24(26)25(27)16-19/h4-5,10,13,16-18,20-23H,2-3,6-9,11-12,14-15H2,1H3. The summed E-state index contributed by atoms with van der Waals surface area (Å²) in [6.45, 7) is 2.26. The van der Waals surface area contributed by atoms with Crippen molar-refractivity contribution < 1.29 is 4.39 Å². The zero-order valence-electron chi connectivity index (χ0n) is 16.7. The number of allylic oxidation sites excluding steroid dienone is 2. The van der Waals surface area contributed by atoms with Crippen LogP contribution in [0.3, 0.4) is 0 Å². The highest BCUT2D eigenvalue weighted by atomic mass is 35.5. The van der Waals surface area contributed by atoms with E-state index in [4.69, 9.17) is 11.6 Å². The van der Waals surface area contributed by atoms with Crippen LogP contribution in [0.2, 0.25) is 5.02 Å². The molecule has 3 aliphatic rings. The number of halogens is 2.